The third-order valence-electron chi connectivity index (χ3n) is 4.42. The summed E-state index contributed by atoms with van der Waals surface area (Å²) in [4.78, 5) is 35.3. The van der Waals surface area contributed by atoms with Crippen LogP contribution in [0.3, 0.4) is 0 Å². The predicted molar refractivity (Wildman–Crippen MR) is 105 cm³/mol. The summed E-state index contributed by atoms with van der Waals surface area (Å²) in [6.07, 6.45) is -7.19. The van der Waals surface area contributed by atoms with E-state index in [1.54, 1.807) is 36.4 Å². The van der Waals surface area contributed by atoms with Gasteiger partial charge in [0.2, 0.25) is 5.91 Å². The Bertz CT molecular complexity index is 785. The molecule has 0 bridgehead atoms. The van der Waals surface area contributed by atoms with E-state index < -0.39 is 67.2 Å². The van der Waals surface area contributed by atoms with Crippen LogP contribution in [-0.2, 0) is 14.4 Å². The number of nitrogens with one attached hydrogen (secondary N) is 2. The van der Waals surface area contributed by atoms with Gasteiger partial charge in [-0.05, 0) is 5.56 Å². The first-order valence-corrected chi connectivity index (χ1v) is 9.27. The molecule has 1 rings (SSSR count). The van der Waals surface area contributed by atoms with Gasteiger partial charge >= 0.3 is 5.97 Å². The molecule has 0 heterocycles. The number of carbonyl (C=O) groups is 3. The number of carboxylic acid groups (broad SMARTS) is 1. The SMILES string of the molecule is N#CC[C@H](N)C(=O)N[C@@H](CO)[C@@H](O)[C@@H](O)[C@H](O)C(=O)N[C@@H](CC(=O)O)c1ccccc1. The zero-order valence-electron chi connectivity index (χ0n) is 16.5. The fourth-order valence-electron chi connectivity index (χ4n) is 2.67. The summed E-state index contributed by atoms with van der Waals surface area (Å²) in [5, 5.41) is 61.9. The normalized spacial score (nSPS) is 16.6. The Kier molecular flexibility index (Phi) is 10.5. The first kappa shape index (κ1) is 26.0. The third-order valence-corrected chi connectivity index (χ3v) is 4.42. The molecule has 0 saturated heterocycles. The van der Waals surface area contributed by atoms with E-state index in [4.69, 9.17) is 16.1 Å². The molecule has 9 N–H and O–H groups in total. The summed E-state index contributed by atoms with van der Waals surface area (Å²) in [5.41, 5.74) is 5.88. The molecule has 1 aromatic rings. The highest BCUT2D eigenvalue weighted by molar-refractivity contribution is 5.83. The molecule has 2 amide bonds. The number of nitrogens with zero attached hydrogens (tertiary/aromatic N) is 1. The van der Waals surface area contributed by atoms with E-state index in [9.17, 15) is 34.8 Å². The van der Waals surface area contributed by atoms with Crippen molar-refractivity contribution in [2.24, 2.45) is 5.73 Å². The van der Waals surface area contributed by atoms with Crippen LogP contribution < -0.4 is 16.4 Å². The van der Waals surface area contributed by atoms with Gasteiger partial charge in [-0.2, -0.15) is 5.26 Å². The maximum Gasteiger partial charge on any atom is 0.305 e. The van der Waals surface area contributed by atoms with Crippen LogP contribution in [0.15, 0.2) is 30.3 Å². The summed E-state index contributed by atoms with van der Waals surface area (Å²) in [7, 11) is 0. The molecule has 0 aliphatic heterocycles. The predicted octanol–water partition coefficient (Wildman–Crippen LogP) is -2.88. The van der Waals surface area contributed by atoms with Crippen molar-refractivity contribution in [1.82, 2.24) is 10.6 Å². The van der Waals surface area contributed by atoms with E-state index >= 15 is 0 Å². The van der Waals surface area contributed by atoms with Crippen molar-refractivity contribution < 1.29 is 39.9 Å². The lowest BCUT2D eigenvalue weighted by atomic mass is 9.99. The topological polar surface area (TPSA) is 226 Å². The molecule has 0 aliphatic carbocycles. The van der Waals surface area contributed by atoms with E-state index in [1.807, 2.05) is 0 Å². The number of aliphatic hydroxyl groups excluding tert-OH is 4. The number of aliphatic carboxylic acids is 1. The van der Waals surface area contributed by atoms with Crippen LogP contribution in [0.25, 0.3) is 0 Å². The Labute approximate surface area is 177 Å². The van der Waals surface area contributed by atoms with E-state index in [-0.39, 0.29) is 6.42 Å². The molecule has 12 heteroatoms. The van der Waals surface area contributed by atoms with Crippen LogP contribution in [0.4, 0.5) is 0 Å². The molecule has 12 nitrogen and oxygen atoms in total. The van der Waals surface area contributed by atoms with Gasteiger partial charge in [0.05, 0.1) is 43.6 Å². The number of hydrogen-bond acceptors (Lipinski definition) is 9. The summed E-state index contributed by atoms with van der Waals surface area (Å²) in [5.74, 6) is -3.29. The van der Waals surface area contributed by atoms with Crippen LogP contribution in [0, 0.1) is 11.3 Å². The van der Waals surface area contributed by atoms with Gasteiger partial charge in [-0.15, -0.1) is 0 Å². The van der Waals surface area contributed by atoms with Crippen molar-refractivity contribution in [2.45, 2.75) is 49.3 Å². The molecule has 0 aliphatic rings. The summed E-state index contributed by atoms with van der Waals surface area (Å²) < 4.78 is 0. The zero-order chi connectivity index (χ0) is 23.6. The summed E-state index contributed by atoms with van der Waals surface area (Å²) >= 11 is 0. The molecule has 6 atom stereocenters. The minimum Gasteiger partial charge on any atom is -0.481 e. The van der Waals surface area contributed by atoms with Crippen LogP contribution in [0.5, 0.6) is 0 Å². The van der Waals surface area contributed by atoms with Crippen molar-refractivity contribution in [2.75, 3.05) is 6.61 Å². The van der Waals surface area contributed by atoms with Crippen molar-refractivity contribution in [1.29, 1.82) is 5.26 Å². The maximum atomic E-state index is 12.3. The largest absolute Gasteiger partial charge is 0.481 e. The van der Waals surface area contributed by atoms with Crippen LogP contribution >= 0.6 is 0 Å². The summed E-state index contributed by atoms with van der Waals surface area (Å²) in [6, 6.07) is 5.95. The number of amides is 2. The molecule has 0 fully saturated rings. The van der Waals surface area contributed by atoms with Crippen LogP contribution in [0.2, 0.25) is 0 Å². The molecule has 0 unspecified atom stereocenters. The number of rotatable bonds is 12. The highest BCUT2D eigenvalue weighted by Crippen LogP contribution is 2.17. The number of carbonyl (C=O) groups excluding carboxylic acids is 2. The highest BCUT2D eigenvalue weighted by atomic mass is 16.4. The first-order chi connectivity index (χ1) is 14.6. The Morgan fingerprint density at radius 2 is 1.65 bits per heavy atom. The molecule has 170 valence electrons. The van der Waals surface area contributed by atoms with E-state index in [1.165, 1.54) is 0 Å². The maximum absolute atomic E-state index is 12.3. The minimum atomic E-state index is -2.21. The number of nitrogens with two attached hydrogens (primary N) is 1. The molecular formula is C19H26N4O8. The quantitative estimate of drug-likeness (QED) is 0.166. The van der Waals surface area contributed by atoms with Gasteiger partial charge in [0.25, 0.3) is 5.91 Å². The Morgan fingerprint density at radius 1 is 1.03 bits per heavy atom. The van der Waals surface area contributed by atoms with Gasteiger partial charge in [0, 0.05) is 0 Å². The van der Waals surface area contributed by atoms with E-state index in [2.05, 4.69) is 10.6 Å². The van der Waals surface area contributed by atoms with Crippen molar-refractivity contribution >= 4 is 17.8 Å². The van der Waals surface area contributed by atoms with Crippen molar-refractivity contribution in [3.8, 4) is 6.07 Å². The lowest BCUT2D eigenvalue weighted by Gasteiger charge is -2.29. The molecule has 0 saturated carbocycles. The fourth-order valence-corrected chi connectivity index (χ4v) is 2.67. The van der Waals surface area contributed by atoms with E-state index in [0.29, 0.717) is 5.56 Å². The van der Waals surface area contributed by atoms with Gasteiger partial charge in [-0.25, -0.2) is 0 Å². The molecule has 1 aromatic carbocycles. The molecule has 0 aromatic heterocycles. The van der Waals surface area contributed by atoms with Crippen molar-refractivity contribution in [3.05, 3.63) is 35.9 Å². The average molecular weight is 438 g/mol. The zero-order valence-corrected chi connectivity index (χ0v) is 16.5. The lowest BCUT2D eigenvalue weighted by molar-refractivity contribution is -0.145. The Balaban J connectivity index is 2.84. The van der Waals surface area contributed by atoms with Crippen molar-refractivity contribution in [3.63, 3.8) is 0 Å². The van der Waals surface area contributed by atoms with Gasteiger partial charge < -0.3 is 41.9 Å². The van der Waals surface area contributed by atoms with Gasteiger partial charge in [0.15, 0.2) is 6.10 Å². The minimum absolute atomic E-state index is 0.335. The average Bonchev–Trinajstić information content (AvgIpc) is 2.75. The second-order valence-electron chi connectivity index (χ2n) is 6.76. The van der Waals surface area contributed by atoms with Gasteiger partial charge in [0.1, 0.15) is 12.2 Å². The second kappa shape index (κ2) is 12.6. The van der Waals surface area contributed by atoms with Crippen LogP contribution in [0.1, 0.15) is 24.4 Å². The number of carboxylic acids is 1. The lowest BCUT2D eigenvalue weighted by Crippen LogP contribution is -2.58. The number of aliphatic hydroxyl groups is 4. The Hall–Kier alpha value is -3.08. The highest BCUT2D eigenvalue weighted by Gasteiger charge is 2.37. The van der Waals surface area contributed by atoms with Crippen LogP contribution in [-0.4, -0.2) is 80.3 Å². The Morgan fingerprint density at radius 3 is 2.16 bits per heavy atom. The second-order valence-corrected chi connectivity index (χ2v) is 6.76. The number of benzene rings is 1. The summed E-state index contributed by atoms with van der Waals surface area (Å²) in [6.45, 7) is -0.872. The smallest absolute Gasteiger partial charge is 0.305 e. The first-order valence-electron chi connectivity index (χ1n) is 9.27. The molecule has 0 radical (unpaired) electrons. The standard InChI is InChI=1S/C19H26N4O8/c20-7-6-11(21)18(30)23-13(9-24)15(27)16(28)17(29)19(31)22-12(8-14(25)26)10-4-2-1-3-5-10/h1-5,11-13,15-17,24,27-29H,6,8-9,21H2,(H,22,31)(H,23,30)(H,25,26)/t11-,12-,13-,15+,16+,17-/m0/s1. The molecule has 0 spiro atoms. The third kappa shape index (κ3) is 7.93. The monoisotopic (exact) mass is 438 g/mol. The van der Waals surface area contributed by atoms with Gasteiger partial charge in [-0.1, -0.05) is 30.3 Å². The number of nitriles is 1. The van der Waals surface area contributed by atoms with Gasteiger partial charge in [-0.3, -0.25) is 14.4 Å². The van der Waals surface area contributed by atoms with E-state index in [0.717, 1.165) is 0 Å². The number of hydrogen-bond donors (Lipinski definition) is 8. The fraction of sp³-hybridized carbons (Fsp3) is 0.474. The molecular weight excluding hydrogens is 412 g/mol. The molecule has 31 heavy (non-hydrogen) atoms.